The standard InChI is InChI=1S/C18H26F6O3S/c1-3-15(8-12-5-4-6-13(7-12)9-15)10-14(25)27-16(11-28-26-2,17(19,20)21)18(22,23)24/h12-13H,3-11H2,1-2H3. The van der Waals surface area contributed by atoms with Crippen molar-refractivity contribution in [1.29, 1.82) is 0 Å². The van der Waals surface area contributed by atoms with Crippen LogP contribution in [0.5, 0.6) is 0 Å². The minimum Gasteiger partial charge on any atom is -0.438 e. The summed E-state index contributed by atoms with van der Waals surface area (Å²) in [5, 5.41) is 0. The van der Waals surface area contributed by atoms with Crippen molar-refractivity contribution in [1.82, 2.24) is 0 Å². The molecular formula is C18H26F6O3S. The summed E-state index contributed by atoms with van der Waals surface area (Å²) >= 11 is -0.0420. The van der Waals surface area contributed by atoms with Gasteiger partial charge in [-0.1, -0.05) is 26.2 Å². The monoisotopic (exact) mass is 436 g/mol. The Morgan fingerprint density at radius 3 is 2.04 bits per heavy atom. The molecule has 2 aliphatic rings. The lowest BCUT2D eigenvalue weighted by atomic mass is 9.59. The number of hydrogen-bond donors (Lipinski definition) is 0. The van der Waals surface area contributed by atoms with Crippen LogP contribution in [-0.4, -0.2) is 36.8 Å². The zero-order valence-corrected chi connectivity index (χ0v) is 16.7. The van der Waals surface area contributed by atoms with E-state index in [4.69, 9.17) is 0 Å². The summed E-state index contributed by atoms with van der Waals surface area (Å²) in [6.45, 7) is 1.83. The molecule has 0 radical (unpaired) electrons. The van der Waals surface area contributed by atoms with Crippen molar-refractivity contribution in [2.45, 2.75) is 76.2 Å². The topological polar surface area (TPSA) is 35.5 Å². The molecule has 2 rings (SSSR count). The predicted molar refractivity (Wildman–Crippen MR) is 92.4 cm³/mol. The smallest absolute Gasteiger partial charge is 0.438 e. The van der Waals surface area contributed by atoms with Crippen molar-refractivity contribution in [3.63, 3.8) is 0 Å². The molecule has 2 unspecified atom stereocenters. The van der Waals surface area contributed by atoms with Gasteiger partial charge in [-0.3, -0.25) is 4.79 Å². The van der Waals surface area contributed by atoms with Crippen LogP contribution in [0.25, 0.3) is 0 Å². The normalized spacial score (nSPS) is 28.9. The number of esters is 1. The molecule has 0 spiro atoms. The van der Waals surface area contributed by atoms with E-state index >= 15 is 0 Å². The molecule has 0 saturated heterocycles. The number of hydrogen-bond acceptors (Lipinski definition) is 4. The fourth-order valence-corrected chi connectivity index (χ4v) is 5.46. The molecule has 2 saturated carbocycles. The molecule has 2 fully saturated rings. The van der Waals surface area contributed by atoms with Crippen LogP contribution in [0.1, 0.15) is 58.3 Å². The molecule has 0 heterocycles. The Kier molecular flexibility index (Phi) is 7.27. The van der Waals surface area contributed by atoms with Crippen molar-refractivity contribution < 1.29 is 40.1 Å². The van der Waals surface area contributed by atoms with Crippen molar-refractivity contribution in [2.24, 2.45) is 17.3 Å². The minimum absolute atomic E-state index is 0.0420. The highest BCUT2D eigenvalue weighted by molar-refractivity contribution is 7.94. The third-order valence-electron chi connectivity index (χ3n) is 6.19. The van der Waals surface area contributed by atoms with E-state index < -0.39 is 41.5 Å². The fourth-order valence-electron chi connectivity index (χ4n) is 4.79. The van der Waals surface area contributed by atoms with E-state index in [9.17, 15) is 31.1 Å². The first-order chi connectivity index (χ1) is 12.9. The predicted octanol–water partition coefficient (Wildman–Crippen LogP) is 6.07. The first kappa shape index (κ1) is 23.6. The molecule has 0 aromatic rings. The summed E-state index contributed by atoms with van der Waals surface area (Å²) in [6, 6.07) is 0. The maximum absolute atomic E-state index is 13.4. The molecule has 2 atom stereocenters. The van der Waals surface area contributed by atoms with Gasteiger partial charge in [0, 0.05) is 0 Å². The molecule has 3 nitrogen and oxygen atoms in total. The lowest BCUT2D eigenvalue weighted by molar-refractivity contribution is -0.361. The van der Waals surface area contributed by atoms with Gasteiger partial charge >= 0.3 is 23.9 Å². The molecule has 164 valence electrons. The number of alkyl halides is 6. The van der Waals surface area contributed by atoms with Crippen LogP contribution in [0, 0.1) is 17.3 Å². The molecule has 0 aliphatic heterocycles. The molecule has 0 aromatic carbocycles. The third-order valence-corrected chi connectivity index (χ3v) is 6.95. The van der Waals surface area contributed by atoms with E-state index in [2.05, 4.69) is 8.92 Å². The number of carbonyl (C=O) groups is 1. The molecule has 0 aromatic heterocycles. The first-order valence-electron chi connectivity index (χ1n) is 9.39. The average molecular weight is 436 g/mol. The van der Waals surface area contributed by atoms with Gasteiger partial charge in [-0.05, 0) is 55.0 Å². The highest BCUT2D eigenvalue weighted by atomic mass is 32.2. The zero-order valence-electron chi connectivity index (χ0n) is 15.9. The quantitative estimate of drug-likeness (QED) is 0.276. The maximum atomic E-state index is 13.4. The molecule has 0 N–H and O–H groups in total. The first-order valence-corrected chi connectivity index (χ1v) is 10.3. The van der Waals surface area contributed by atoms with Gasteiger partial charge in [0.05, 0.1) is 19.3 Å². The molecule has 0 amide bonds. The second-order valence-corrected chi connectivity index (χ2v) is 8.92. The Morgan fingerprint density at radius 1 is 1.07 bits per heavy atom. The summed E-state index contributed by atoms with van der Waals surface area (Å²) in [5.41, 5.74) is -5.18. The van der Waals surface area contributed by atoms with Gasteiger partial charge in [0.25, 0.3) is 0 Å². The van der Waals surface area contributed by atoms with Crippen LogP contribution in [0.15, 0.2) is 0 Å². The Labute approximate surface area is 165 Å². The highest BCUT2D eigenvalue weighted by Gasteiger charge is 2.74. The minimum atomic E-state index is -5.81. The van der Waals surface area contributed by atoms with E-state index in [-0.39, 0.29) is 12.0 Å². The van der Waals surface area contributed by atoms with Crippen LogP contribution in [-0.2, 0) is 13.7 Å². The molecule has 10 heteroatoms. The lowest BCUT2D eigenvalue weighted by Gasteiger charge is -2.47. The zero-order chi connectivity index (χ0) is 21.2. The van der Waals surface area contributed by atoms with Crippen molar-refractivity contribution >= 4 is 18.0 Å². The molecular weight excluding hydrogens is 410 g/mol. The second-order valence-electron chi connectivity index (χ2n) is 8.06. The SMILES string of the molecule is CCC1(CC(=O)OC(CSOC)(C(F)(F)F)C(F)(F)F)CC2CCCC(C2)C1. The molecule has 2 bridgehead atoms. The molecule has 2 aliphatic carbocycles. The number of ether oxygens (including phenoxy) is 1. The Bertz CT molecular complexity index is 522. The van der Waals surface area contributed by atoms with E-state index in [1.54, 1.807) is 0 Å². The van der Waals surface area contributed by atoms with E-state index in [0.717, 1.165) is 32.8 Å². The average Bonchev–Trinajstić information content (AvgIpc) is 2.56. The Balaban J connectivity index is 2.22. The van der Waals surface area contributed by atoms with Gasteiger partial charge in [0.15, 0.2) is 0 Å². The summed E-state index contributed by atoms with van der Waals surface area (Å²) in [7, 11) is 0.955. The van der Waals surface area contributed by atoms with E-state index in [1.807, 2.05) is 6.92 Å². The van der Waals surface area contributed by atoms with E-state index in [1.165, 1.54) is 0 Å². The van der Waals surface area contributed by atoms with Gasteiger partial charge < -0.3 is 8.92 Å². The second kappa shape index (κ2) is 8.62. The summed E-state index contributed by atoms with van der Waals surface area (Å²) < 4.78 is 89.2. The Morgan fingerprint density at radius 2 is 1.61 bits per heavy atom. The highest BCUT2D eigenvalue weighted by Crippen LogP contribution is 2.53. The number of fused-ring (bicyclic) bond motifs is 2. The van der Waals surface area contributed by atoms with Crippen molar-refractivity contribution in [3.8, 4) is 0 Å². The number of halogens is 6. The molecule has 28 heavy (non-hydrogen) atoms. The van der Waals surface area contributed by atoms with Crippen LogP contribution >= 0.6 is 12.0 Å². The fraction of sp³-hybridized carbons (Fsp3) is 0.944. The van der Waals surface area contributed by atoms with Gasteiger partial charge in [0.2, 0.25) is 0 Å². The third kappa shape index (κ3) is 4.91. The number of carbonyl (C=O) groups excluding carboxylic acids is 1. The van der Waals surface area contributed by atoms with Gasteiger partial charge in [-0.25, -0.2) is 0 Å². The van der Waals surface area contributed by atoms with Gasteiger partial charge in [0.1, 0.15) is 0 Å². The van der Waals surface area contributed by atoms with Gasteiger partial charge in [-0.15, -0.1) is 0 Å². The number of rotatable bonds is 7. The summed E-state index contributed by atoms with van der Waals surface area (Å²) in [4.78, 5) is 12.4. The van der Waals surface area contributed by atoms with Crippen LogP contribution in [0.3, 0.4) is 0 Å². The Hall–Kier alpha value is -0.640. The summed E-state index contributed by atoms with van der Waals surface area (Å²) in [6.07, 6.45) is -6.15. The van der Waals surface area contributed by atoms with Crippen LogP contribution in [0.4, 0.5) is 26.3 Å². The summed E-state index contributed by atoms with van der Waals surface area (Å²) in [5.74, 6) is -2.31. The van der Waals surface area contributed by atoms with Crippen molar-refractivity contribution in [2.75, 3.05) is 12.9 Å². The van der Waals surface area contributed by atoms with Gasteiger partial charge in [-0.2, -0.15) is 26.3 Å². The maximum Gasteiger partial charge on any atom is 0.438 e. The van der Waals surface area contributed by atoms with Crippen molar-refractivity contribution in [3.05, 3.63) is 0 Å². The van der Waals surface area contributed by atoms with E-state index in [0.29, 0.717) is 31.1 Å². The largest absolute Gasteiger partial charge is 0.438 e. The van der Waals surface area contributed by atoms with Crippen LogP contribution in [0.2, 0.25) is 0 Å². The lowest BCUT2D eigenvalue weighted by Crippen LogP contribution is -2.61. The van der Waals surface area contributed by atoms with Crippen LogP contribution < -0.4 is 0 Å².